The molecule has 3 unspecified atom stereocenters. The van der Waals surface area contributed by atoms with Crippen LogP contribution in [0.25, 0.3) is 0 Å². The molecule has 17 heavy (non-hydrogen) atoms. The van der Waals surface area contributed by atoms with E-state index in [1.165, 1.54) is 19.3 Å². The monoisotopic (exact) mass is 241 g/mol. The van der Waals surface area contributed by atoms with Crippen molar-refractivity contribution in [2.45, 2.75) is 59.9 Å². The molecule has 102 valence electrons. The van der Waals surface area contributed by atoms with Gasteiger partial charge in [0.25, 0.3) is 0 Å². The highest BCUT2D eigenvalue weighted by atomic mass is 16.5. The van der Waals surface area contributed by atoms with Gasteiger partial charge in [0.2, 0.25) is 0 Å². The van der Waals surface area contributed by atoms with Gasteiger partial charge in [-0.2, -0.15) is 0 Å². The highest BCUT2D eigenvalue weighted by Crippen LogP contribution is 2.40. The number of nitrogens with one attached hydrogen (secondary N) is 1. The molecule has 0 saturated heterocycles. The first-order valence-corrected chi connectivity index (χ1v) is 7.32. The van der Waals surface area contributed by atoms with E-state index in [1.807, 2.05) is 0 Å². The van der Waals surface area contributed by atoms with Gasteiger partial charge in [-0.3, -0.25) is 0 Å². The molecule has 0 aromatic heterocycles. The smallest absolute Gasteiger partial charge is 0.0520 e. The molecule has 1 aliphatic rings. The molecule has 0 spiro atoms. The summed E-state index contributed by atoms with van der Waals surface area (Å²) in [6.07, 6.45) is 4.05. The van der Waals surface area contributed by atoms with E-state index in [0.29, 0.717) is 11.5 Å². The van der Waals surface area contributed by atoms with Crippen LogP contribution in [0.4, 0.5) is 0 Å². The first-order valence-electron chi connectivity index (χ1n) is 7.32. The maximum Gasteiger partial charge on any atom is 0.0520 e. The topological polar surface area (TPSA) is 21.3 Å². The van der Waals surface area contributed by atoms with Crippen LogP contribution in [-0.4, -0.2) is 25.8 Å². The van der Waals surface area contributed by atoms with Crippen molar-refractivity contribution in [3.05, 3.63) is 0 Å². The standard InChI is InChI=1S/C15H31NO/c1-6-16-14-10-12(3)8-9-13(14)15(4,5)11-17-7-2/h12-14,16H,6-11H2,1-5H3. The normalized spacial score (nSPS) is 30.5. The predicted molar refractivity (Wildman–Crippen MR) is 74.2 cm³/mol. The number of rotatable bonds is 6. The fourth-order valence-electron chi connectivity index (χ4n) is 3.28. The minimum absolute atomic E-state index is 0.295. The van der Waals surface area contributed by atoms with Crippen LogP contribution >= 0.6 is 0 Å². The molecule has 0 aromatic rings. The Balaban J connectivity index is 2.63. The van der Waals surface area contributed by atoms with Crippen molar-refractivity contribution in [1.82, 2.24) is 5.32 Å². The van der Waals surface area contributed by atoms with Gasteiger partial charge in [-0.15, -0.1) is 0 Å². The molecule has 1 rings (SSSR count). The molecule has 1 fully saturated rings. The van der Waals surface area contributed by atoms with Crippen LogP contribution in [0, 0.1) is 17.3 Å². The van der Waals surface area contributed by atoms with E-state index in [1.54, 1.807) is 0 Å². The van der Waals surface area contributed by atoms with E-state index >= 15 is 0 Å². The Morgan fingerprint density at radius 1 is 1.24 bits per heavy atom. The number of ether oxygens (including phenoxy) is 1. The Morgan fingerprint density at radius 3 is 2.53 bits per heavy atom. The molecule has 2 heteroatoms. The Morgan fingerprint density at radius 2 is 1.94 bits per heavy atom. The molecule has 0 heterocycles. The fraction of sp³-hybridized carbons (Fsp3) is 1.00. The second-order valence-corrected chi connectivity index (χ2v) is 6.31. The summed E-state index contributed by atoms with van der Waals surface area (Å²) in [4.78, 5) is 0. The SMILES string of the molecule is CCNC1CC(C)CCC1C(C)(C)COCC. The summed E-state index contributed by atoms with van der Waals surface area (Å²) in [6.45, 7) is 14.2. The lowest BCUT2D eigenvalue weighted by Crippen LogP contribution is -2.48. The molecule has 0 aliphatic heterocycles. The van der Waals surface area contributed by atoms with Crippen LogP contribution in [0.5, 0.6) is 0 Å². The van der Waals surface area contributed by atoms with Gasteiger partial charge in [0.05, 0.1) is 6.61 Å². The van der Waals surface area contributed by atoms with E-state index in [-0.39, 0.29) is 0 Å². The highest BCUT2D eigenvalue weighted by Gasteiger charge is 2.38. The Bertz CT molecular complexity index is 215. The predicted octanol–water partition coefficient (Wildman–Crippen LogP) is 3.46. The fourth-order valence-corrected chi connectivity index (χ4v) is 3.28. The van der Waals surface area contributed by atoms with Gasteiger partial charge in [0.15, 0.2) is 0 Å². The Hall–Kier alpha value is -0.0800. The summed E-state index contributed by atoms with van der Waals surface area (Å²) in [7, 11) is 0. The molecule has 1 aliphatic carbocycles. The van der Waals surface area contributed by atoms with Gasteiger partial charge < -0.3 is 10.1 Å². The molecule has 2 nitrogen and oxygen atoms in total. The third kappa shape index (κ3) is 4.26. The van der Waals surface area contributed by atoms with E-state index in [2.05, 4.69) is 39.9 Å². The van der Waals surface area contributed by atoms with Gasteiger partial charge >= 0.3 is 0 Å². The van der Waals surface area contributed by atoms with Gasteiger partial charge in [-0.25, -0.2) is 0 Å². The highest BCUT2D eigenvalue weighted by molar-refractivity contribution is 4.91. The maximum absolute atomic E-state index is 5.68. The average Bonchev–Trinajstić information content (AvgIpc) is 2.27. The van der Waals surface area contributed by atoms with Gasteiger partial charge in [0.1, 0.15) is 0 Å². The van der Waals surface area contributed by atoms with Crippen LogP contribution in [0.1, 0.15) is 53.9 Å². The summed E-state index contributed by atoms with van der Waals surface area (Å²) >= 11 is 0. The molecule has 0 bridgehead atoms. The molecule has 1 saturated carbocycles. The van der Waals surface area contributed by atoms with Crippen molar-refractivity contribution < 1.29 is 4.74 Å². The van der Waals surface area contributed by atoms with E-state index in [9.17, 15) is 0 Å². The van der Waals surface area contributed by atoms with Crippen LogP contribution in [-0.2, 0) is 4.74 Å². The number of hydrogen-bond acceptors (Lipinski definition) is 2. The molecule has 0 radical (unpaired) electrons. The molecule has 3 atom stereocenters. The molecular formula is C15H31NO. The second kappa shape index (κ2) is 6.75. The first-order chi connectivity index (χ1) is 8.01. The quantitative estimate of drug-likeness (QED) is 0.769. The Kier molecular flexibility index (Phi) is 5.94. The molecular weight excluding hydrogens is 210 g/mol. The van der Waals surface area contributed by atoms with Gasteiger partial charge in [0, 0.05) is 12.6 Å². The van der Waals surface area contributed by atoms with E-state index in [4.69, 9.17) is 4.74 Å². The minimum atomic E-state index is 0.295. The van der Waals surface area contributed by atoms with Crippen molar-refractivity contribution in [3.63, 3.8) is 0 Å². The van der Waals surface area contributed by atoms with Crippen molar-refractivity contribution in [1.29, 1.82) is 0 Å². The maximum atomic E-state index is 5.68. The van der Waals surface area contributed by atoms with Crippen LogP contribution in [0.3, 0.4) is 0 Å². The first kappa shape index (κ1) is 15.0. The minimum Gasteiger partial charge on any atom is -0.381 e. The van der Waals surface area contributed by atoms with E-state index < -0.39 is 0 Å². The largest absolute Gasteiger partial charge is 0.381 e. The molecule has 0 amide bonds. The Labute approximate surface area is 108 Å². The van der Waals surface area contributed by atoms with Crippen LogP contribution in [0.2, 0.25) is 0 Å². The summed E-state index contributed by atoms with van der Waals surface area (Å²) in [5.74, 6) is 1.63. The van der Waals surface area contributed by atoms with Gasteiger partial charge in [-0.05, 0) is 43.6 Å². The van der Waals surface area contributed by atoms with E-state index in [0.717, 1.165) is 31.6 Å². The lowest BCUT2D eigenvalue weighted by molar-refractivity contribution is 0.00314. The van der Waals surface area contributed by atoms with Crippen LogP contribution < -0.4 is 5.32 Å². The third-order valence-corrected chi connectivity index (χ3v) is 4.26. The molecule has 1 N–H and O–H groups in total. The zero-order chi connectivity index (χ0) is 12.9. The number of hydrogen-bond donors (Lipinski definition) is 1. The summed E-state index contributed by atoms with van der Waals surface area (Å²) in [5.41, 5.74) is 0.295. The zero-order valence-electron chi connectivity index (χ0n) is 12.4. The summed E-state index contributed by atoms with van der Waals surface area (Å²) < 4.78 is 5.68. The van der Waals surface area contributed by atoms with Gasteiger partial charge in [-0.1, -0.05) is 34.1 Å². The average molecular weight is 241 g/mol. The third-order valence-electron chi connectivity index (χ3n) is 4.26. The lowest BCUT2D eigenvalue weighted by Gasteiger charge is -2.44. The summed E-state index contributed by atoms with van der Waals surface area (Å²) in [5, 5.41) is 3.69. The molecule has 0 aromatic carbocycles. The second-order valence-electron chi connectivity index (χ2n) is 6.31. The lowest BCUT2D eigenvalue weighted by atomic mass is 9.66. The van der Waals surface area contributed by atoms with Crippen molar-refractivity contribution in [2.75, 3.05) is 19.8 Å². The van der Waals surface area contributed by atoms with Crippen molar-refractivity contribution >= 4 is 0 Å². The zero-order valence-corrected chi connectivity index (χ0v) is 12.4. The van der Waals surface area contributed by atoms with Crippen molar-refractivity contribution in [3.8, 4) is 0 Å². The van der Waals surface area contributed by atoms with Crippen molar-refractivity contribution in [2.24, 2.45) is 17.3 Å². The summed E-state index contributed by atoms with van der Waals surface area (Å²) in [6, 6.07) is 0.680. The van der Waals surface area contributed by atoms with Crippen LogP contribution in [0.15, 0.2) is 0 Å².